The molecule has 1 atom stereocenters. The van der Waals surface area contributed by atoms with E-state index in [0.717, 1.165) is 25.0 Å². The van der Waals surface area contributed by atoms with Crippen molar-refractivity contribution < 1.29 is 31.6 Å². The fourth-order valence-electron chi connectivity index (χ4n) is 3.80. The molecule has 0 radical (unpaired) electrons. The Morgan fingerprint density at radius 1 is 1.18 bits per heavy atom. The Kier molecular flexibility index (Phi) is 8.92. The molecule has 1 aromatic rings. The predicted molar refractivity (Wildman–Crippen MR) is 101 cm³/mol. The summed E-state index contributed by atoms with van der Waals surface area (Å²) in [6.07, 6.45) is 0.401. The fraction of sp³-hybridized carbons (Fsp3) is 0.667. The van der Waals surface area contributed by atoms with Gasteiger partial charge in [0.2, 0.25) is 0 Å². The van der Waals surface area contributed by atoms with Gasteiger partial charge in [0.1, 0.15) is 18.5 Å². The second-order valence-corrected chi connectivity index (χ2v) is 7.66. The van der Waals surface area contributed by atoms with Crippen LogP contribution in [-0.4, -0.2) is 43.2 Å². The molecule has 1 fully saturated rings. The van der Waals surface area contributed by atoms with Gasteiger partial charge in [-0.3, -0.25) is 0 Å². The standard InChI is InChI=1S/C19H26F4NO2.C2H6/c1-13(12-24(2,3)15-7-5-4-6-8-15)26-18(25)16-10-9-14(20)11-17(16)19(21,22)23;1-2/h9-11,13,15H,4-8,12H2,1-3H3;1-2H3/q+1;. The molecule has 0 heterocycles. The number of halogens is 4. The molecular formula is C21H32F4NO2+. The van der Waals surface area contributed by atoms with Crippen molar-refractivity contribution in [3.63, 3.8) is 0 Å². The van der Waals surface area contributed by atoms with Gasteiger partial charge in [-0.25, -0.2) is 9.18 Å². The van der Waals surface area contributed by atoms with Gasteiger partial charge in [0.05, 0.1) is 31.3 Å². The summed E-state index contributed by atoms with van der Waals surface area (Å²) in [7, 11) is 4.11. The number of alkyl halides is 3. The van der Waals surface area contributed by atoms with Crippen LogP contribution >= 0.6 is 0 Å². The average molecular weight is 406 g/mol. The molecular weight excluding hydrogens is 374 g/mol. The molecule has 0 N–H and O–H groups in total. The van der Waals surface area contributed by atoms with Crippen molar-refractivity contribution >= 4 is 5.97 Å². The highest BCUT2D eigenvalue weighted by molar-refractivity contribution is 5.91. The first-order valence-corrected chi connectivity index (χ1v) is 9.91. The molecule has 1 unspecified atom stereocenters. The SMILES string of the molecule is CC.CC(C[N+](C)(C)C1CCCCC1)OC(=O)c1ccc(F)cc1C(F)(F)F. The van der Waals surface area contributed by atoms with Crippen molar-refractivity contribution in [3.8, 4) is 0 Å². The van der Waals surface area contributed by atoms with E-state index in [4.69, 9.17) is 4.74 Å². The predicted octanol–water partition coefficient (Wildman–Crippen LogP) is 5.83. The van der Waals surface area contributed by atoms with E-state index in [2.05, 4.69) is 14.1 Å². The van der Waals surface area contributed by atoms with Gasteiger partial charge in [-0.1, -0.05) is 20.3 Å². The second kappa shape index (κ2) is 10.2. The molecule has 2 rings (SSSR count). The van der Waals surface area contributed by atoms with Gasteiger partial charge in [0.25, 0.3) is 0 Å². The van der Waals surface area contributed by atoms with Crippen LogP contribution in [0.25, 0.3) is 0 Å². The number of hydrogen-bond acceptors (Lipinski definition) is 2. The van der Waals surface area contributed by atoms with Crippen LogP contribution in [0, 0.1) is 5.82 Å². The summed E-state index contributed by atoms with van der Waals surface area (Å²) in [5.41, 5.74) is -1.97. The second-order valence-electron chi connectivity index (χ2n) is 7.66. The summed E-state index contributed by atoms with van der Waals surface area (Å²) in [4.78, 5) is 12.2. The minimum absolute atomic E-state index is 0.323. The lowest BCUT2D eigenvalue weighted by atomic mass is 9.93. The Morgan fingerprint density at radius 2 is 1.75 bits per heavy atom. The average Bonchev–Trinajstić information content (AvgIpc) is 2.62. The topological polar surface area (TPSA) is 26.3 Å². The molecule has 3 nitrogen and oxygen atoms in total. The van der Waals surface area contributed by atoms with Crippen molar-refractivity contribution in [3.05, 3.63) is 35.1 Å². The molecule has 1 aliphatic carbocycles. The van der Waals surface area contributed by atoms with Crippen molar-refractivity contribution in [1.29, 1.82) is 0 Å². The molecule has 160 valence electrons. The van der Waals surface area contributed by atoms with Crippen LogP contribution < -0.4 is 0 Å². The number of hydrogen-bond donors (Lipinski definition) is 0. The highest BCUT2D eigenvalue weighted by atomic mass is 19.4. The Morgan fingerprint density at radius 3 is 2.29 bits per heavy atom. The van der Waals surface area contributed by atoms with Crippen LogP contribution in [-0.2, 0) is 10.9 Å². The number of benzene rings is 1. The van der Waals surface area contributed by atoms with E-state index in [1.807, 2.05) is 13.8 Å². The Bertz CT molecular complexity index is 638. The monoisotopic (exact) mass is 406 g/mol. The van der Waals surface area contributed by atoms with Gasteiger partial charge in [-0.15, -0.1) is 0 Å². The molecule has 1 saturated carbocycles. The number of quaternary nitrogens is 1. The largest absolute Gasteiger partial charge is 0.453 e. The molecule has 0 aromatic heterocycles. The van der Waals surface area contributed by atoms with Crippen molar-refractivity contribution in [2.24, 2.45) is 0 Å². The zero-order valence-corrected chi connectivity index (χ0v) is 17.4. The minimum atomic E-state index is -4.82. The molecule has 0 saturated heterocycles. The third-order valence-electron chi connectivity index (χ3n) is 5.11. The fourth-order valence-corrected chi connectivity index (χ4v) is 3.80. The van der Waals surface area contributed by atoms with Gasteiger partial charge < -0.3 is 9.22 Å². The molecule has 7 heteroatoms. The van der Waals surface area contributed by atoms with E-state index < -0.39 is 35.2 Å². The van der Waals surface area contributed by atoms with E-state index in [0.29, 0.717) is 23.1 Å². The van der Waals surface area contributed by atoms with Gasteiger partial charge in [-0.05, 0) is 50.8 Å². The van der Waals surface area contributed by atoms with E-state index in [9.17, 15) is 22.4 Å². The van der Waals surface area contributed by atoms with Crippen LogP contribution in [0.5, 0.6) is 0 Å². The summed E-state index contributed by atoms with van der Waals surface area (Å²) in [6.45, 7) is 6.19. The van der Waals surface area contributed by atoms with Crippen LogP contribution in [0.4, 0.5) is 17.6 Å². The first kappa shape index (κ1) is 24.4. The number of ether oxygens (including phenoxy) is 1. The first-order valence-electron chi connectivity index (χ1n) is 9.91. The lowest BCUT2D eigenvalue weighted by Gasteiger charge is -2.41. The number of likely N-dealkylation sites (N-methyl/N-ethyl adjacent to an activating group) is 1. The van der Waals surface area contributed by atoms with Crippen molar-refractivity contribution in [1.82, 2.24) is 0 Å². The molecule has 1 aromatic carbocycles. The molecule has 0 aliphatic heterocycles. The van der Waals surface area contributed by atoms with Gasteiger partial charge in [-0.2, -0.15) is 13.2 Å². The lowest BCUT2D eigenvalue weighted by Crippen LogP contribution is -2.53. The number of carbonyl (C=O) groups is 1. The number of nitrogens with zero attached hydrogens (tertiary/aromatic N) is 1. The molecule has 0 bridgehead atoms. The maximum absolute atomic E-state index is 13.2. The quantitative estimate of drug-likeness (QED) is 0.350. The number of esters is 1. The third-order valence-corrected chi connectivity index (χ3v) is 5.11. The molecule has 0 amide bonds. The van der Waals surface area contributed by atoms with Crippen molar-refractivity contribution in [2.45, 2.75) is 71.2 Å². The number of carbonyl (C=O) groups excluding carboxylic acids is 1. The van der Waals surface area contributed by atoms with Gasteiger partial charge in [0, 0.05) is 0 Å². The van der Waals surface area contributed by atoms with E-state index >= 15 is 0 Å². The smallest absolute Gasteiger partial charge is 0.417 e. The zero-order valence-electron chi connectivity index (χ0n) is 17.4. The van der Waals surface area contributed by atoms with Gasteiger partial charge in [0.15, 0.2) is 0 Å². The van der Waals surface area contributed by atoms with Gasteiger partial charge >= 0.3 is 12.1 Å². The third kappa shape index (κ3) is 6.76. The molecule has 0 spiro atoms. The van der Waals surface area contributed by atoms with Crippen molar-refractivity contribution in [2.75, 3.05) is 20.6 Å². The summed E-state index contributed by atoms with van der Waals surface area (Å²) >= 11 is 0. The van der Waals surface area contributed by atoms with E-state index in [1.54, 1.807) is 6.92 Å². The molecule has 1 aliphatic rings. The maximum Gasteiger partial charge on any atom is 0.417 e. The van der Waals surface area contributed by atoms with E-state index in [-0.39, 0.29) is 0 Å². The van der Waals surface area contributed by atoms with Crippen LogP contribution in [0.2, 0.25) is 0 Å². The summed E-state index contributed by atoms with van der Waals surface area (Å²) in [5.74, 6) is -2.12. The Hall–Kier alpha value is -1.63. The highest BCUT2D eigenvalue weighted by Crippen LogP contribution is 2.33. The normalized spacial score (nSPS) is 16.8. The summed E-state index contributed by atoms with van der Waals surface area (Å²) in [6, 6.07) is 2.44. The van der Waals surface area contributed by atoms with E-state index in [1.165, 1.54) is 19.3 Å². The Labute approximate surface area is 165 Å². The van der Waals surface area contributed by atoms with Crippen LogP contribution in [0.3, 0.4) is 0 Å². The first-order chi connectivity index (χ1) is 13.0. The van der Waals surface area contributed by atoms with Crippen LogP contribution in [0.15, 0.2) is 18.2 Å². The zero-order chi connectivity index (χ0) is 21.5. The minimum Gasteiger partial charge on any atom is -0.453 e. The highest BCUT2D eigenvalue weighted by Gasteiger charge is 2.37. The van der Waals surface area contributed by atoms with Crippen LogP contribution in [0.1, 0.15) is 68.8 Å². The number of rotatable bonds is 5. The summed E-state index contributed by atoms with van der Waals surface area (Å²) < 4.78 is 58.3. The lowest BCUT2D eigenvalue weighted by molar-refractivity contribution is -0.918. The summed E-state index contributed by atoms with van der Waals surface area (Å²) in [5, 5.41) is 0. The maximum atomic E-state index is 13.2. The Balaban J connectivity index is 0.00000190. The molecule has 28 heavy (non-hydrogen) atoms.